The fraction of sp³-hybridized carbons (Fsp3) is 0.296. The Labute approximate surface area is 217 Å². The molecule has 0 saturated carbocycles. The van der Waals surface area contributed by atoms with Gasteiger partial charge in [0.1, 0.15) is 12.3 Å². The molecule has 0 aromatic heterocycles. The van der Waals surface area contributed by atoms with E-state index in [9.17, 15) is 13.2 Å². The third kappa shape index (κ3) is 5.75. The molecule has 1 aliphatic heterocycles. The van der Waals surface area contributed by atoms with Gasteiger partial charge in [0, 0.05) is 37.9 Å². The maximum Gasteiger partial charge on any atom is 0.264 e. The molecule has 1 aliphatic rings. The number of anilines is 2. The van der Waals surface area contributed by atoms with Crippen molar-refractivity contribution in [3.05, 3.63) is 72.8 Å². The molecule has 9 nitrogen and oxygen atoms in total. The highest BCUT2D eigenvalue weighted by Crippen LogP contribution is 2.32. The van der Waals surface area contributed by atoms with Gasteiger partial charge >= 0.3 is 0 Å². The van der Waals surface area contributed by atoms with Crippen LogP contribution in [0.1, 0.15) is 0 Å². The van der Waals surface area contributed by atoms with Crippen molar-refractivity contribution in [2.75, 3.05) is 63.3 Å². The summed E-state index contributed by atoms with van der Waals surface area (Å²) in [5.74, 6) is 1.23. The second-order valence-corrected chi connectivity index (χ2v) is 10.3. The number of amides is 1. The second-order valence-electron chi connectivity index (χ2n) is 8.43. The van der Waals surface area contributed by atoms with Gasteiger partial charge < -0.3 is 24.0 Å². The predicted molar refractivity (Wildman–Crippen MR) is 142 cm³/mol. The normalized spacial score (nSPS) is 13.7. The quantitative estimate of drug-likeness (QED) is 0.424. The van der Waals surface area contributed by atoms with Crippen molar-refractivity contribution < 1.29 is 27.4 Å². The zero-order valence-electron chi connectivity index (χ0n) is 21.2. The summed E-state index contributed by atoms with van der Waals surface area (Å²) in [6.45, 7) is 1.95. The van der Waals surface area contributed by atoms with E-state index in [0.717, 1.165) is 15.7 Å². The lowest BCUT2D eigenvalue weighted by Crippen LogP contribution is -2.52. The maximum absolute atomic E-state index is 13.7. The van der Waals surface area contributed by atoms with Crippen LogP contribution in [0.4, 0.5) is 11.4 Å². The summed E-state index contributed by atoms with van der Waals surface area (Å²) >= 11 is 0. The van der Waals surface area contributed by atoms with Gasteiger partial charge in [-0.25, -0.2) is 8.42 Å². The molecule has 1 amide bonds. The molecule has 196 valence electrons. The zero-order valence-corrected chi connectivity index (χ0v) is 22.0. The number of nitrogens with zero attached hydrogens (tertiary/aromatic N) is 3. The molecule has 0 spiro atoms. The smallest absolute Gasteiger partial charge is 0.264 e. The molecular formula is C27H31N3O6S. The molecule has 0 N–H and O–H groups in total. The number of para-hydroxylation sites is 1. The Morgan fingerprint density at radius 1 is 0.811 bits per heavy atom. The molecular weight excluding hydrogens is 494 g/mol. The molecule has 4 rings (SSSR count). The van der Waals surface area contributed by atoms with Crippen molar-refractivity contribution in [3.8, 4) is 17.2 Å². The number of sulfonamides is 1. The second kappa shape index (κ2) is 11.4. The summed E-state index contributed by atoms with van der Waals surface area (Å²) in [7, 11) is 0.475. The highest BCUT2D eigenvalue weighted by molar-refractivity contribution is 7.92. The van der Waals surface area contributed by atoms with Crippen LogP contribution < -0.4 is 23.4 Å². The summed E-state index contributed by atoms with van der Waals surface area (Å²) in [5, 5.41) is 0. The van der Waals surface area contributed by atoms with Crippen LogP contribution in [0, 0.1) is 0 Å². The van der Waals surface area contributed by atoms with Gasteiger partial charge in [0.2, 0.25) is 5.91 Å². The molecule has 0 bridgehead atoms. The number of methoxy groups -OCH3 is 3. The van der Waals surface area contributed by atoms with E-state index in [1.54, 1.807) is 42.3 Å². The Morgan fingerprint density at radius 3 is 2.05 bits per heavy atom. The van der Waals surface area contributed by atoms with E-state index < -0.39 is 10.0 Å². The van der Waals surface area contributed by atoms with Crippen LogP contribution in [-0.4, -0.2) is 73.3 Å². The van der Waals surface area contributed by atoms with Crippen LogP contribution in [0.2, 0.25) is 0 Å². The maximum atomic E-state index is 13.7. The number of carbonyl (C=O) groups excluding carboxylic acids is 1. The lowest BCUT2D eigenvalue weighted by molar-refractivity contribution is -0.129. The first kappa shape index (κ1) is 26.2. The fourth-order valence-corrected chi connectivity index (χ4v) is 5.67. The number of benzene rings is 3. The lowest BCUT2D eigenvalue weighted by atomic mass is 10.2. The third-order valence-corrected chi connectivity index (χ3v) is 8.11. The number of hydrogen-bond donors (Lipinski definition) is 0. The molecule has 0 aliphatic carbocycles. The minimum atomic E-state index is -4.08. The Bertz CT molecular complexity index is 1310. The minimum absolute atomic E-state index is 0.00567. The summed E-state index contributed by atoms with van der Waals surface area (Å²) in [5.41, 5.74) is 1.46. The minimum Gasteiger partial charge on any atom is -0.497 e. The molecule has 1 saturated heterocycles. The summed E-state index contributed by atoms with van der Waals surface area (Å²) in [4.78, 5) is 17.3. The Hall–Kier alpha value is -3.92. The molecule has 0 unspecified atom stereocenters. The van der Waals surface area contributed by atoms with Crippen molar-refractivity contribution >= 4 is 27.3 Å². The Morgan fingerprint density at radius 2 is 1.46 bits per heavy atom. The first-order valence-electron chi connectivity index (χ1n) is 11.8. The number of rotatable bonds is 9. The van der Waals surface area contributed by atoms with Crippen LogP contribution in [0.15, 0.2) is 77.7 Å². The third-order valence-electron chi connectivity index (χ3n) is 6.34. The molecule has 10 heteroatoms. The van der Waals surface area contributed by atoms with Crippen molar-refractivity contribution in [2.24, 2.45) is 0 Å². The van der Waals surface area contributed by atoms with Crippen molar-refractivity contribution in [2.45, 2.75) is 4.90 Å². The largest absolute Gasteiger partial charge is 0.497 e. The lowest BCUT2D eigenvalue weighted by Gasteiger charge is -2.37. The van der Waals surface area contributed by atoms with E-state index in [-0.39, 0.29) is 23.1 Å². The standard InChI is InChI=1S/C27H31N3O6S/c1-34-23-11-9-21(10-12-23)28-15-17-29(18-16-28)27(31)20-30(22-7-5-4-6-8-22)37(32,33)24-13-14-25(35-2)26(19-24)36-3/h4-14,19H,15-18,20H2,1-3H3. The highest BCUT2D eigenvalue weighted by Gasteiger charge is 2.31. The molecule has 1 heterocycles. The van der Waals surface area contributed by atoms with Gasteiger partial charge in [-0.2, -0.15) is 0 Å². The van der Waals surface area contributed by atoms with E-state index in [4.69, 9.17) is 14.2 Å². The average Bonchev–Trinajstić information content (AvgIpc) is 2.95. The van der Waals surface area contributed by atoms with Crippen LogP contribution in [-0.2, 0) is 14.8 Å². The number of piperazine rings is 1. The molecule has 0 atom stereocenters. The first-order valence-corrected chi connectivity index (χ1v) is 13.3. The monoisotopic (exact) mass is 525 g/mol. The Balaban J connectivity index is 1.52. The van der Waals surface area contributed by atoms with Crippen LogP contribution in [0.3, 0.4) is 0 Å². The molecule has 0 radical (unpaired) electrons. The summed E-state index contributed by atoms with van der Waals surface area (Å²) in [6, 6.07) is 20.8. The van der Waals surface area contributed by atoms with Gasteiger partial charge in [0.15, 0.2) is 11.5 Å². The van der Waals surface area contributed by atoms with E-state index in [0.29, 0.717) is 37.6 Å². The molecule has 3 aromatic carbocycles. The van der Waals surface area contributed by atoms with E-state index in [1.807, 2.05) is 24.3 Å². The van der Waals surface area contributed by atoms with E-state index >= 15 is 0 Å². The molecule has 37 heavy (non-hydrogen) atoms. The van der Waals surface area contributed by atoms with Crippen molar-refractivity contribution in [1.29, 1.82) is 0 Å². The van der Waals surface area contributed by atoms with E-state index in [2.05, 4.69) is 4.90 Å². The zero-order chi connectivity index (χ0) is 26.4. The summed E-state index contributed by atoms with van der Waals surface area (Å²) in [6.07, 6.45) is 0. The van der Waals surface area contributed by atoms with Gasteiger partial charge in [-0.05, 0) is 48.5 Å². The fourth-order valence-electron chi connectivity index (χ4n) is 4.24. The van der Waals surface area contributed by atoms with Gasteiger partial charge in [0.25, 0.3) is 10.0 Å². The Kier molecular flexibility index (Phi) is 8.08. The van der Waals surface area contributed by atoms with Gasteiger partial charge in [0.05, 0.1) is 31.9 Å². The van der Waals surface area contributed by atoms with Crippen molar-refractivity contribution in [1.82, 2.24) is 4.90 Å². The van der Waals surface area contributed by atoms with Crippen LogP contribution >= 0.6 is 0 Å². The molecule has 3 aromatic rings. The highest BCUT2D eigenvalue weighted by atomic mass is 32.2. The van der Waals surface area contributed by atoms with E-state index in [1.165, 1.54) is 32.4 Å². The van der Waals surface area contributed by atoms with Crippen LogP contribution in [0.25, 0.3) is 0 Å². The SMILES string of the molecule is COc1ccc(N2CCN(C(=O)CN(c3ccccc3)S(=O)(=O)c3ccc(OC)c(OC)c3)CC2)cc1. The number of carbonyl (C=O) groups is 1. The van der Waals surface area contributed by atoms with Gasteiger partial charge in [-0.1, -0.05) is 18.2 Å². The summed E-state index contributed by atoms with van der Waals surface area (Å²) < 4.78 is 44.4. The predicted octanol–water partition coefficient (Wildman–Crippen LogP) is 3.26. The average molecular weight is 526 g/mol. The topological polar surface area (TPSA) is 88.6 Å². The van der Waals surface area contributed by atoms with Gasteiger partial charge in [-0.3, -0.25) is 9.10 Å². The molecule has 1 fully saturated rings. The van der Waals surface area contributed by atoms with Crippen LogP contribution in [0.5, 0.6) is 17.2 Å². The number of hydrogen-bond acceptors (Lipinski definition) is 7. The first-order chi connectivity index (χ1) is 17.9. The van der Waals surface area contributed by atoms with Gasteiger partial charge in [-0.15, -0.1) is 0 Å². The van der Waals surface area contributed by atoms with Crippen molar-refractivity contribution in [3.63, 3.8) is 0 Å². The number of ether oxygens (including phenoxy) is 3.